The summed E-state index contributed by atoms with van der Waals surface area (Å²) in [5.41, 5.74) is 2.31. The molecule has 2 rings (SSSR count). The lowest BCUT2D eigenvalue weighted by molar-refractivity contribution is 0.390. The van der Waals surface area contributed by atoms with Crippen LogP contribution >= 0.6 is 0 Å². The van der Waals surface area contributed by atoms with Gasteiger partial charge in [0.1, 0.15) is 11.8 Å². The first-order chi connectivity index (χ1) is 9.35. The average molecular weight is 254 g/mol. The molecule has 19 heavy (non-hydrogen) atoms. The van der Waals surface area contributed by atoms with E-state index in [-0.39, 0.29) is 0 Å². The number of nitrogens with zero attached hydrogens (tertiary/aromatic N) is 3. The van der Waals surface area contributed by atoms with Gasteiger partial charge in [-0.1, -0.05) is 12.1 Å². The maximum atomic E-state index is 8.95. The Bertz CT molecular complexity index is 592. The van der Waals surface area contributed by atoms with E-state index in [4.69, 9.17) is 10.00 Å². The lowest BCUT2D eigenvalue weighted by Crippen LogP contribution is -2.15. The van der Waals surface area contributed by atoms with Gasteiger partial charge in [-0.2, -0.15) is 5.26 Å². The van der Waals surface area contributed by atoms with Crippen molar-refractivity contribution in [1.29, 1.82) is 5.26 Å². The lowest BCUT2D eigenvalue weighted by atomic mass is 10.2. The highest BCUT2D eigenvalue weighted by Crippen LogP contribution is 2.13. The predicted octanol–water partition coefficient (Wildman–Crippen LogP) is 1.65. The van der Waals surface area contributed by atoms with E-state index in [1.807, 2.05) is 24.3 Å². The molecule has 5 nitrogen and oxygen atoms in total. The van der Waals surface area contributed by atoms with Gasteiger partial charge in [-0.05, 0) is 12.1 Å². The zero-order valence-corrected chi connectivity index (χ0v) is 10.6. The zero-order valence-electron chi connectivity index (χ0n) is 10.6. The Morgan fingerprint density at radius 3 is 2.58 bits per heavy atom. The number of nitrogens with one attached hydrogen (secondary N) is 1. The highest BCUT2D eigenvalue weighted by molar-refractivity contribution is 5.30. The van der Waals surface area contributed by atoms with Crippen molar-refractivity contribution in [2.24, 2.45) is 0 Å². The van der Waals surface area contributed by atoms with E-state index in [9.17, 15) is 0 Å². The molecule has 0 aliphatic carbocycles. The van der Waals surface area contributed by atoms with Gasteiger partial charge >= 0.3 is 0 Å². The fraction of sp³-hybridized carbons (Fsp3) is 0.214. The molecule has 0 saturated heterocycles. The van der Waals surface area contributed by atoms with E-state index in [1.54, 1.807) is 19.5 Å². The number of hydrogen-bond acceptors (Lipinski definition) is 5. The quantitative estimate of drug-likeness (QED) is 0.878. The third-order valence-corrected chi connectivity index (χ3v) is 2.67. The van der Waals surface area contributed by atoms with Crippen LogP contribution in [0.1, 0.15) is 16.8 Å². The van der Waals surface area contributed by atoms with Gasteiger partial charge in [0, 0.05) is 36.6 Å². The average Bonchev–Trinajstić information content (AvgIpc) is 2.48. The van der Waals surface area contributed by atoms with Crippen molar-refractivity contribution in [1.82, 2.24) is 15.3 Å². The molecule has 0 unspecified atom stereocenters. The largest absolute Gasteiger partial charge is 0.481 e. The highest BCUT2D eigenvalue weighted by Gasteiger charge is 2.04. The summed E-state index contributed by atoms with van der Waals surface area (Å²) in [5, 5.41) is 12.2. The minimum absolute atomic E-state index is 0.452. The van der Waals surface area contributed by atoms with Crippen LogP contribution in [0.2, 0.25) is 0 Å². The molecule has 1 N–H and O–H groups in total. The molecule has 96 valence electrons. The van der Waals surface area contributed by atoms with Gasteiger partial charge in [-0.25, -0.2) is 9.97 Å². The van der Waals surface area contributed by atoms with Crippen molar-refractivity contribution in [2.45, 2.75) is 13.1 Å². The molecular weight excluding hydrogens is 240 g/mol. The Hall–Kier alpha value is -2.45. The second-order valence-electron chi connectivity index (χ2n) is 3.90. The van der Waals surface area contributed by atoms with Gasteiger partial charge in [0.05, 0.1) is 7.11 Å². The molecule has 0 amide bonds. The molecule has 0 aliphatic heterocycles. The number of nitriles is 1. The SMILES string of the molecule is COc1ncccc1CNCc1cccnc1C#N. The second kappa shape index (κ2) is 6.47. The number of pyridine rings is 2. The van der Waals surface area contributed by atoms with Gasteiger partial charge in [-0.15, -0.1) is 0 Å². The molecular formula is C14H14N4O. The van der Waals surface area contributed by atoms with Gasteiger partial charge in [0.15, 0.2) is 0 Å². The van der Waals surface area contributed by atoms with Crippen LogP contribution in [0.25, 0.3) is 0 Å². The normalized spacial score (nSPS) is 9.89. The van der Waals surface area contributed by atoms with Gasteiger partial charge in [0.2, 0.25) is 5.88 Å². The van der Waals surface area contributed by atoms with Crippen molar-refractivity contribution in [3.8, 4) is 11.9 Å². The predicted molar refractivity (Wildman–Crippen MR) is 70.3 cm³/mol. The van der Waals surface area contributed by atoms with Crippen LogP contribution in [0.15, 0.2) is 36.7 Å². The van der Waals surface area contributed by atoms with E-state index in [1.165, 1.54) is 0 Å². The van der Waals surface area contributed by atoms with Crippen LogP contribution in [0.3, 0.4) is 0 Å². The Labute approximate surface area is 111 Å². The standard InChI is InChI=1S/C14H14N4O/c1-19-14-12(5-3-7-18-14)10-16-9-11-4-2-6-17-13(11)8-15/h2-7,16H,9-10H2,1H3. The number of hydrogen-bond donors (Lipinski definition) is 1. The Balaban J connectivity index is 1.99. The summed E-state index contributed by atoms with van der Waals surface area (Å²) >= 11 is 0. The fourth-order valence-corrected chi connectivity index (χ4v) is 1.76. The van der Waals surface area contributed by atoms with E-state index in [0.717, 1.165) is 11.1 Å². The minimum Gasteiger partial charge on any atom is -0.481 e. The maximum absolute atomic E-state index is 8.95. The van der Waals surface area contributed by atoms with Crippen molar-refractivity contribution in [3.05, 3.63) is 53.5 Å². The zero-order chi connectivity index (χ0) is 13.5. The Morgan fingerprint density at radius 1 is 1.16 bits per heavy atom. The first-order valence-corrected chi connectivity index (χ1v) is 5.87. The summed E-state index contributed by atoms with van der Waals surface area (Å²) in [6, 6.07) is 9.61. The van der Waals surface area contributed by atoms with Gasteiger partial charge in [-0.3, -0.25) is 0 Å². The molecule has 5 heteroatoms. The molecule has 0 aromatic carbocycles. The second-order valence-corrected chi connectivity index (χ2v) is 3.90. The number of methoxy groups -OCH3 is 1. The van der Waals surface area contributed by atoms with Crippen LogP contribution in [0.5, 0.6) is 5.88 Å². The smallest absolute Gasteiger partial charge is 0.217 e. The monoisotopic (exact) mass is 254 g/mol. The Kier molecular flexibility index (Phi) is 4.43. The third-order valence-electron chi connectivity index (χ3n) is 2.67. The van der Waals surface area contributed by atoms with Crippen LogP contribution in [0.4, 0.5) is 0 Å². The van der Waals surface area contributed by atoms with Crippen LogP contribution in [0, 0.1) is 11.3 Å². The number of aromatic nitrogens is 2. The summed E-state index contributed by atoms with van der Waals surface area (Å²) in [4.78, 5) is 8.15. The highest BCUT2D eigenvalue weighted by atomic mass is 16.5. The molecule has 0 atom stereocenters. The molecule has 0 saturated carbocycles. The molecule has 0 spiro atoms. The van der Waals surface area contributed by atoms with Crippen LogP contribution in [-0.2, 0) is 13.1 Å². The first kappa shape index (κ1) is 13.0. The van der Waals surface area contributed by atoms with E-state index in [0.29, 0.717) is 24.7 Å². The summed E-state index contributed by atoms with van der Waals surface area (Å²) in [7, 11) is 1.60. The Morgan fingerprint density at radius 2 is 1.84 bits per heavy atom. The molecule has 0 fully saturated rings. The molecule has 2 aromatic heterocycles. The van der Waals surface area contributed by atoms with E-state index >= 15 is 0 Å². The van der Waals surface area contributed by atoms with Gasteiger partial charge in [0.25, 0.3) is 0 Å². The van der Waals surface area contributed by atoms with Gasteiger partial charge < -0.3 is 10.1 Å². The van der Waals surface area contributed by atoms with Crippen molar-refractivity contribution in [3.63, 3.8) is 0 Å². The minimum atomic E-state index is 0.452. The number of rotatable bonds is 5. The molecule has 0 aliphatic rings. The molecule has 0 bridgehead atoms. The summed E-state index contributed by atoms with van der Waals surface area (Å²) in [5.74, 6) is 0.613. The van der Waals surface area contributed by atoms with Crippen LogP contribution < -0.4 is 10.1 Å². The summed E-state index contributed by atoms with van der Waals surface area (Å²) < 4.78 is 5.18. The summed E-state index contributed by atoms with van der Waals surface area (Å²) in [6.45, 7) is 1.20. The fourth-order valence-electron chi connectivity index (χ4n) is 1.76. The molecule has 2 heterocycles. The van der Waals surface area contributed by atoms with Crippen LogP contribution in [-0.4, -0.2) is 17.1 Å². The molecule has 2 aromatic rings. The van der Waals surface area contributed by atoms with E-state index in [2.05, 4.69) is 21.4 Å². The van der Waals surface area contributed by atoms with Crippen molar-refractivity contribution < 1.29 is 4.74 Å². The first-order valence-electron chi connectivity index (χ1n) is 5.87. The summed E-state index contributed by atoms with van der Waals surface area (Å²) in [6.07, 6.45) is 3.31. The lowest BCUT2D eigenvalue weighted by Gasteiger charge is -2.08. The maximum Gasteiger partial charge on any atom is 0.217 e. The van der Waals surface area contributed by atoms with Crippen molar-refractivity contribution in [2.75, 3.05) is 7.11 Å². The third kappa shape index (κ3) is 3.27. The van der Waals surface area contributed by atoms with Crippen molar-refractivity contribution >= 4 is 0 Å². The topological polar surface area (TPSA) is 70.8 Å². The molecule has 0 radical (unpaired) electrons. The van der Waals surface area contributed by atoms with E-state index < -0.39 is 0 Å². The number of ether oxygens (including phenoxy) is 1.